The predicted molar refractivity (Wildman–Crippen MR) is 150 cm³/mol. The number of carbonyl (C=O) groups is 2. The zero-order valence-electron chi connectivity index (χ0n) is 23.5. The van der Waals surface area contributed by atoms with Gasteiger partial charge in [-0.25, -0.2) is 14.6 Å². The van der Waals surface area contributed by atoms with Gasteiger partial charge in [0.05, 0.1) is 12.2 Å². The van der Waals surface area contributed by atoms with Gasteiger partial charge < -0.3 is 25.5 Å². The van der Waals surface area contributed by atoms with Crippen LogP contribution in [0.15, 0.2) is 18.2 Å². The fourth-order valence-corrected chi connectivity index (χ4v) is 4.94. The number of fused-ring (bicyclic) bond motifs is 1. The van der Waals surface area contributed by atoms with E-state index in [0.717, 1.165) is 81.2 Å². The fourth-order valence-electron chi connectivity index (χ4n) is 4.94. The molecule has 1 atom stereocenters. The zero-order chi connectivity index (χ0) is 27.5. The molecule has 10 heteroatoms. The normalized spacial score (nSPS) is 13.6. The lowest BCUT2D eigenvalue weighted by Crippen LogP contribution is -2.49. The minimum atomic E-state index is -1.00. The van der Waals surface area contributed by atoms with E-state index in [2.05, 4.69) is 38.8 Å². The average molecular weight is 528 g/mol. The Kier molecular flexibility index (Phi) is 11.4. The van der Waals surface area contributed by atoms with Crippen molar-refractivity contribution in [2.75, 3.05) is 44.6 Å². The van der Waals surface area contributed by atoms with Crippen LogP contribution in [-0.2, 0) is 24.2 Å². The van der Waals surface area contributed by atoms with Gasteiger partial charge in [0.2, 0.25) is 0 Å². The van der Waals surface area contributed by atoms with Crippen LogP contribution in [0.3, 0.4) is 0 Å². The van der Waals surface area contributed by atoms with E-state index in [1.807, 2.05) is 32.4 Å². The number of aryl methyl sites for hydroxylation is 4. The summed E-state index contributed by atoms with van der Waals surface area (Å²) in [6.45, 7) is 12.8. The number of aliphatic carboxylic acids is 1. The zero-order valence-corrected chi connectivity index (χ0v) is 23.5. The maximum Gasteiger partial charge on any atom is 0.326 e. The molecule has 0 fully saturated rings. The summed E-state index contributed by atoms with van der Waals surface area (Å²) in [6.07, 6.45) is 5.49. The van der Waals surface area contributed by atoms with Crippen molar-refractivity contribution in [3.63, 3.8) is 0 Å². The van der Waals surface area contributed by atoms with E-state index in [0.29, 0.717) is 26.1 Å². The van der Waals surface area contributed by atoms with Crippen LogP contribution in [0.25, 0.3) is 0 Å². The van der Waals surface area contributed by atoms with Crippen LogP contribution in [0.2, 0.25) is 0 Å². The minimum absolute atomic E-state index is 0.330. The maximum atomic E-state index is 12.5. The van der Waals surface area contributed by atoms with Crippen molar-refractivity contribution in [3.8, 4) is 0 Å². The largest absolute Gasteiger partial charge is 0.480 e. The van der Waals surface area contributed by atoms with Gasteiger partial charge in [-0.15, -0.1) is 0 Å². The highest BCUT2D eigenvalue weighted by molar-refractivity contribution is 5.82. The van der Waals surface area contributed by atoms with Crippen LogP contribution in [0, 0.1) is 13.8 Å². The number of amides is 2. The first-order chi connectivity index (χ1) is 18.3. The van der Waals surface area contributed by atoms with Crippen molar-refractivity contribution in [1.82, 2.24) is 29.9 Å². The summed E-state index contributed by atoms with van der Waals surface area (Å²) in [4.78, 5) is 33.1. The van der Waals surface area contributed by atoms with Crippen LogP contribution in [0.4, 0.5) is 10.6 Å². The third-order valence-corrected chi connectivity index (χ3v) is 7.22. The highest BCUT2D eigenvalue weighted by atomic mass is 16.4. The van der Waals surface area contributed by atoms with Crippen LogP contribution in [-0.4, -0.2) is 87.0 Å². The van der Waals surface area contributed by atoms with Crippen molar-refractivity contribution in [3.05, 3.63) is 40.8 Å². The molecule has 0 unspecified atom stereocenters. The van der Waals surface area contributed by atoms with Gasteiger partial charge in [0.25, 0.3) is 0 Å². The number of nitrogens with zero attached hydrogens (tertiary/aromatic N) is 5. The van der Waals surface area contributed by atoms with E-state index in [9.17, 15) is 14.7 Å². The Morgan fingerprint density at radius 2 is 1.95 bits per heavy atom. The quantitative estimate of drug-likeness (QED) is 0.304. The number of rotatable bonds is 15. The summed E-state index contributed by atoms with van der Waals surface area (Å²) >= 11 is 0. The number of pyridine rings is 1. The topological polar surface area (TPSA) is 116 Å². The van der Waals surface area contributed by atoms with Crippen LogP contribution < -0.4 is 10.6 Å². The summed E-state index contributed by atoms with van der Waals surface area (Å²) in [7, 11) is 0. The number of hydrogen-bond acceptors (Lipinski definition) is 6. The molecule has 0 bridgehead atoms. The molecule has 3 N–H and O–H groups in total. The third-order valence-electron chi connectivity index (χ3n) is 7.22. The molecule has 1 aliphatic heterocycles. The lowest BCUT2D eigenvalue weighted by molar-refractivity contribution is -0.139. The first-order valence-corrected chi connectivity index (χ1v) is 14.0. The second-order valence-electron chi connectivity index (χ2n) is 10.1. The second kappa shape index (κ2) is 14.7. The molecule has 0 aliphatic carbocycles. The Bertz CT molecular complexity index is 1050. The van der Waals surface area contributed by atoms with Gasteiger partial charge in [-0.1, -0.05) is 6.07 Å². The van der Waals surface area contributed by atoms with Crippen LogP contribution >= 0.6 is 0 Å². The van der Waals surface area contributed by atoms with Crippen LogP contribution in [0.5, 0.6) is 0 Å². The van der Waals surface area contributed by atoms with Gasteiger partial charge in [0, 0.05) is 44.1 Å². The standard InChI is InChI=1S/C28H45N7O3/c1-5-34(6-2)28(38)31-25(27(36)37)14-17-33(18-19-35-22(4)20-21(3)32-35)16-8-7-11-24-13-12-23-10-9-15-29-26(23)30-24/h12-13,20,25H,5-11,14-19H2,1-4H3,(H,29,30)(H,31,38)(H,36,37)/t25-/m0/s1. The Morgan fingerprint density at radius 1 is 1.16 bits per heavy atom. The second-order valence-corrected chi connectivity index (χ2v) is 10.1. The fraction of sp³-hybridized carbons (Fsp3) is 0.643. The van der Waals surface area contributed by atoms with Gasteiger partial charge in [-0.2, -0.15) is 5.10 Å². The van der Waals surface area contributed by atoms with Crippen molar-refractivity contribution < 1.29 is 14.7 Å². The molecule has 210 valence electrons. The van der Waals surface area contributed by atoms with Gasteiger partial charge in [-0.05, 0) is 90.5 Å². The van der Waals surface area contributed by atoms with E-state index in [4.69, 9.17) is 4.98 Å². The molecule has 2 aromatic rings. The van der Waals surface area contributed by atoms with E-state index >= 15 is 0 Å². The smallest absolute Gasteiger partial charge is 0.326 e. The third kappa shape index (κ3) is 8.72. The number of carboxylic acids is 1. The van der Waals surface area contributed by atoms with Crippen molar-refractivity contribution in [2.24, 2.45) is 0 Å². The number of hydrogen-bond donors (Lipinski definition) is 3. The van der Waals surface area contributed by atoms with Crippen LogP contribution in [0.1, 0.15) is 62.2 Å². The number of carboxylic acid groups (broad SMARTS) is 1. The Hall–Kier alpha value is -3.14. The van der Waals surface area contributed by atoms with Crippen molar-refractivity contribution >= 4 is 17.8 Å². The number of aromatic nitrogens is 3. The van der Waals surface area contributed by atoms with Gasteiger partial charge in [0.15, 0.2) is 0 Å². The van der Waals surface area contributed by atoms with E-state index in [1.54, 1.807) is 4.90 Å². The van der Waals surface area contributed by atoms with Crippen molar-refractivity contribution in [2.45, 2.75) is 78.8 Å². The first-order valence-electron chi connectivity index (χ1n) is 14.0. The Labute approximate surface area is 226 Å². The lowest BCUT2D eigenvalue weighted by atomic mass is 10.1. The molecule has 0 radical (unpaired) electrons. The highest BCUT2D eigenvalue weighted by Crippen LogP contribution is 2.20. The Morgan fingerprint density at radius 3 is 2.63 bits per heavy atom. The molecular formula is C28H45N7O3. The molecule has 0 saturated heterocycles. The van der Waals surface area contributed by atoms with Gasteiger partial charge in [-0.3, -0.25) is 4.68 Å². The minimum Gasteiger partial charge on any atom is -0.480 e. The van der Waals surface area contributed by atoms with E-state index in [-0.39, 0.29) is 6.03 Å². The molecule has 2 aromatic heterocycles. The summed E-state index contributed by atoms with van der Waals surface area (Å²) < 4.78 is 2.00. The van der Waals surface area contributed by atoms with Crippen molar-refractivity contribution in [1.29, 1.82) is 0 Å². The molecule has 0 spiro atoms. The summed E-state index contributed by atoms with van der Waals surface area (Å²) in [6, 6.07) is 5.15. The monoisotopic (exact) mass is 527 g/mol. The summed E-state index contributed by atoms with van der Waals surface area (Å²) in [5.74, 6) is 0.0304. The molecular weight excluding hydrogens is 482 g/mol. The predicted octanol–water partition coefficient (Wildman–Crippen LogP) is 3.47. The number of carbonyl (C=O) groups excluding carboxylic acids is 1. The molecule has 1 aliphatic rings. The molecule has 10 nitrogen and oxygen atoms in total. The molecule has 0 saturated carbocycles. The highest BCUT2D eigenvalue weighted by Gasteiger charge is 2.23. The number of unbranched alkanes of at least 4 members (excludes halogenated alkanes) is 1. The molecule has 2 amide bonds. The Balaban J connectivity index is 1.56. The molecule has 38 heavy (non-hydrogen) atoms. The van der Waals surface area contributed by atoms with Gasteiger partial charge >= 0.3 is 12.0 Å². The van der Waals surface area contributed by atoms with E-state index < -0.39 is 12.0 Å². The molecule has 3 rings (SSSR count). The average Bonchev–Trinajstić information content (AvgIpc) is 3.23. The first kappa shape index (κ1) is 29.4. The number of anilines is 1. The summed E-state index contributed by atoms with van der Waals surface area (Å²) in [5.41, 5.74) is 4.52. The number of nitrogens with one attached hydrogen (secondary N) is 2. The summed E-state index contributed by atoms with van der Waals surface area (Å²) in [5, 5.41) is 20.4. The van der Waals surface area contributed by atoms with E-state index in [1.165, 1.54) is 5.56 Å². The van der Waals surface area contributed by atoms with Gasteiger partial charge in [0.1, 0.15) is 11.9 Å². The SMILES string of the molecule is CCN(CC)C(=O)N[C@@H](CCN(CCCCc1ccc2c(n1)NCCC2)CCn1nc(C)cc1C)C(=O)O. The molecule has 0 aromatic carbocycles. The molecule has 3 heterocycles. The lowest BCUT2D eigenvalue weighted by Gasteiger charge is -2.26. The number of urea groups is 1. The maximum absolute atomic E-state index is 12.5.